The standard InChI is InChI=1S/C14H26O3/c1-11(2)9-7-5-3-4-6-8-10-12-13(17-12)14(15)16/h11-13H,3-10H2,1-2H3,(H,15,16)/t12-,13+/m1/s1. The summed E-state index contributed by atoms with van der Waals surface area (Å²) in [5.74, 6) is 0.0265. The van der Waals surface area contributed by atoms with Crippen LogP contribution in [0.3, 0.4) is 0 Å². The van der Waals surface area contributed by atoms with Crippen LogP contribution in [0.15, 0.2) is 0 Å². The van der Waals surface area contributed by atoms with E-state index in [-0.39, 0.29) is 6.10 Å². The molecule has 0 spiro atoms. The lowest BCUT2D eigenvalue weighted by Gasteiger charge is -2.04. The molecule has 0 bridgehead atoms. The molecule has 1 N–H and O–H groups in total. The predicted octanol–water partition coefficient (Wildman–Crippen LogP) is 3.62. The van der Waals surface area contributed by atoms with E-state index in [1.165, 1.54) is 38.5 Å². The SMILES string of the molecule is CC(C)CCCCCCCC[C@H]1O[C@@H]1C(=O)O. The molecule has 1 aliphatic heterocycles. The van der Waals surface area contributed by atoms with E-state index in [1.54, 1.807) is 0 Å². The molecule has 0 aromatic carbocycles. The third-order valence-electron chi connectivity index (χ3n) is 3.35. The van der Waals surface area contributed by atoms with Crippen LogP contribution in [0.2, 0.25) is 0 Å². The molecule has 3 nitrogen and oxygen atoms in total. The first-order valence-corrected chi connectivity index (χ1v) is 6.99. The van der Waals surface area contributed by atoms with Gasteiger partial charge in [-0.2, -0.15) is 0 Å². The largest absolute Gasteiger partial charge is 0.479 e. The molecular weight excluding hydrogens is 216 g/mol. The minimum atomic E-state index is -0.802. The van der Waals surface area contributed by atoms with Gasteiger partial charge in [-0.05, 0) is 12.3 Å². The molecule has 0 aliphatic carbocycles. The van der Waals surface area contributed by atoms with E-state index >= 15 is 0 Å². The summed E-state index contributed by atoms with van der Waals surface area (Å²) in [6, 6.07) is 0. The van der Waals surface area contributed by atoms with Crippen LogP contribution in [0.5, 0.6) is 0 Å². The molecule has 2 atom stereocenters. The first-order chi connectivity index (χ1) is 8.11. The van der Waals surface area contributed by atoms with Crippen molar-refractivity contribution in [3.05, 3.63) is 0 Å². The quantitative estimate of drug-likeness (QED) is 0.470. The Hall–Kier alpha value is -0.570. The fourth-order valence-corrected chi connectivity index (χ4v) is 2.18. The zero-order valence-electron chi connectivity index (χ0n) is 11.2. The maximum atomic E-state index is 10.5. The molecule has 1 saturated heterocycles. The van der Waals surface area contributed by atoms with Crippen LogP contribution in [0.25, 0.3) is 0 Å². The van der Waals surface area contributed by atoms with Crippen molar-refractivity contribution >= 4 is 5.97 Å². The van der Waals surface area contributed by atoms with Crippen LogP contribution in [0.4, 0.5) is 0 Å². The molecule has 100 valence electrons. The molecule has 0 amide bonds. The van der Waals surface area contributed by atoms with E-state index < -0.39 is 12.1 Å². The lowest BCUT2D eigenvalue weighted by molar-refractivity contribution is -0.138. The fourth-order valence-electron chi connectivity index (χ4n) is 2.18. The van der Waals surface area contributed by atoms with Crippen molar-refractivity contribution in [1.29, 1.82) is 0 Å². The predicted molar refractivity (Wildman–Crippen MR) is 68.1 cm³/mol. The smallest absolute Gasteiger partial charge is 0.335 e. The Morgan fingerprint density at radius 1 is 1.12 bits per heavy atom. The van der Waals surface area contributed by atoms with E-state index in [0.29, 0.717) is 0 Å². The molecule has 1 rings (SSSR count). The van der Waals surface area contributed by atoms with Crippen molar-refractivity contribution in [2.45, 2.75) is 77.4 Å². The van der Waals surface area contributed by atoms with Crippen molar-refractivity contribution in [2.75, 3.05) is 0 Å². The van der Waals surface area contributed by atoms with Crippen molar-refractivity contribution < 1.29 is 14.6 Å². The number of aliphatic carboxylic acids is 1. The van der Waals surface area contributed by atoms with Crippen molar-refractivity contribution in [1.82, 2.24) is 0 Å². The number of hydrogen-bond acceptors (Lipinski definition) is 2. The van der Waals surface area contributed by atoms with Crippen LogP contribution < -0.4 is 0 Å². The Kier molecular flexibility index (Phi) is 6.56. The highest BCUT2D eigenvalue weighted by Gasteiger charge is 2.44. The maximum Gasteiger partial charge on any atom is 0.335 e. The molecule has 0 aromatic heterocycles. The number of unbranched alkanes of at least 4 members (excludes halogenated alkanes) is 5. The molecule has 1 heterocycles. The Bertz CT molecular complexity index is 226. The fraction of sp³-hybridized carbons (Fsp3) is 0.929. The number of epoxide rings is 1. The van der Waals surface area contributed by atoms with E-state index in [1.807, 2.05) is 0 Å². The Morgan fingerprint density at radius 3 is 2.24 bits per heavy atom. The highest BCUT2D eigenvalue weighted by molar-refractivity contribution is 5.75. The third-order valence-corrected chi connectivity index (χ3v) is 3.35. The van der Waals surface area contributed by atoms with Crippen LogP contribution in [0.1, 0.15) is 65.2 Å². The summed E-state index contributed by atoms with van der Waals surface area (Å²) in [4.78, 5) is 10.5. The second-order valence-corrected chi connectivity index (χ2v) is 5.53. The summed E-state index contributed by atoms with van der Waals surface area (Å²) in [7, 11) is 0. The number of hydrogen-bond donors (Lipinski definition) is 1. The summed E-state index contributed by atoms with van der Waals surface area (Å²) in [5, 5.41) is 8.64. The lowest BCUT2D eigenvalue weighted by atomic mass is 10.0. The summed E-state index contributed by atoms with van der Waals surface area (Å²) < 4.78 is 5.05. The lowest BCUT2D eigenvalue weighted by Crippen LogP contribution is -2.07. The van der Waals surface area contributed by atoms with Gasteiger partial charge in [-0.3, -0.25) is 0 Å². The second kappa shape index (κ2) is 7.70. The molecule has 0 aromatic rings. The Balaban J connectivity index is 1.78. The van der Waals surface area contributed by atoms with Crippen LogP contribution in [-0.4, -0.2) is 23.3 Å². The van der Waals surface area contributed by atoms with Crippen LogP contribution in [0, 0.1) is 5.92 Å². The first-order valence-electron chi connectivity index (χ1n) is 6.99. The average molecular weight is 242 g/mol. The monoisotopic (exact) mass is 242 g/mol. The van der Waals surface area contributed by atoms with Gasteiger partial charge in [-0.1, -0.05) is 58.8 Å². The highest BCUT2D eigenvalue weighted by Crippen LogP contribution is 2.27. The van der Waals surface area contributed by atoms with Gasteiger partial charge in [0.15, 0.2) is 6.10 Å². The molecule has 17 heavy (non-hydrogen) atoms. The summed E-state index contributed by atoms with van der Waals surface area (Å²) in [6.45, 7) is 4.54. The Morgan fingerprint density at radius 2 is 1.71 bits per heavy atom. The number of carboxylic acid groups (broad SMARTS) is 1. The van der Waals surface area contributed by atoms with Gasteiger partial charge in [-0.15, -0.1) is 0 Å². The minimum absolute atomic E-state index is 0.00782. The van der Waals surface area contributed by atoms with E-state index in [0.717, 1.165) is 18.8 Å². The average Bonchev–Trinajstić information content (AvgIpc) is 3.01. The van der Waals surface area contributed by atoms with Gasteiger partial charge in [0.1, 0.15) is 0 Å². The number of carbonyl (C=O) groups is 1. The van der Waals surface area contributed by atoms with Gasteiger partial charge in [0, 0.05) is 0 Å². The normalized spacial score (nSPS) is 23.0. The van der Waals surface area contributed by atoms with E-state index in [2.05, 4.69) is 13.8 Å². The van der Waals surface area contributed by atoms with Crippen LogP contribution >= 0.6 is 0 Å². The van der Waals surface area contributed by atoms with Gasteiger partial charge < -0.3 is 9.84 Å². The first kappa shape index (κ1) is 14.5. The molecule has 0 unspecified atom stereocenters. The molecule has 3 heteroatoms. The zero-order chi connectivity index (χ0) is 12.7. The Labute approximate surface area is 105 Å². The minimum Gasteiger partial charge on any atom is -0.479 e. The van der Waals surface area contributed by atoms with Gasteiger partial charge in [-0.25, -0.2) is 4.79 Å². The molecule has 0 saturated carbocycles. The summed E-state index contributed by atoms with van der Waals surface area (Å²) >= 11 is 0. The molecular formula is C14H26O3. The van der Waals surface area contributed by atoms with Gasteiger partial charge in [0.25, 0.3) is 0 Å². The third kappa shape index (κ3) is 6.67. The number of ether oxygens (including phenoxy) is 1. The molecule has 0 radical (unpaired) electrons. The van der Waals surface area contributed by atoms with Crippen molar-refractivity contribution in [3.8, 4) is 0 Å². The van der Waals surface area contributed by atoms with Gasteiger partial charge >= 0.3 is 5.97 Å². The highest BCUT2D eigenvalue weighted by atomic mass is 16.6. The van der Waals surface area contributed by atoms with Crippen molar-refractivity contribution in [3.63, 3.8) is 0 Å². The second-order valence-electron chi connectivity index (χ2n) is 5.53. The number of rotatable bonds is 10. The molecule has 1 fully saturated rings. The van der Waals surface area contributed by atoms with E-state index in [9.17, 15) is 4.79 Å². The zero-order valence-corrected chi connectivity index (χ0v) is 11.2. The van der Waals surface area contributed by atoms with Crippen molar-refractivity contribution in [2.24, 2.45) is 5.92 Å². The topological polar surface area (TPSA) is 49.8 Å². The van der Waals surface area contributed by atoms with E-state index in [4.69, 9.17) is 9.84 Å². The van der Waals surface area contributed by atoms with Gasteiger partial charge in [0.05, 0.1) is 6.10 Å². The van der Waals surface area contributed by atoms with Crippen LogP contribution in [-0.2, 0) is 9.53 Å². The summed E-state index contributed by atoms with van der Waals surface area (Å²) in [6.07, 6.45) is 9.39. The maximum absolute atomic E-state index is 10.5. The van der Waals surface area contributed by atoms with Gasteiger partial charge in [0.2, 0.25) is 0 Å². The molecule has 1 aliphatic rings. The number of carboxylic acids is 1. The summed E-state index contributed by atoms with van der Waals surface area (Å²) in [5.41, 5.74) is 0.